The number of hydrazine groups is 1. The monoisotopic (exact) mass is 374 g/mol. The first kappa shape index (κ1) is 16.7. The van der Waals surface area contributed by atoms with Crippen molar-refractivity contribution < 1.29 is 9.53 Å². The summed E-state index contributed by atoms with van der Waals surface area (Å²) in [6, 6.07) is 8.29. The van der Waals surface area contributed by atoms with E-state index in [-0.39, 0.29) is 16.8 Å². The van der Waals surface area contributed by atoms with Crippen molar-refractivity contribution in [2.24, 2.45) is 17.8 Å². The number of anilines is 1. The number of amides is 1. The molecule has 5 fully saturated rings. The number of hydrogen-bond acceptors (Lipinski definition) is 3. The Bertz CT molecular complexity index is 748. The summed E-state index contributed by atoms with van der Waals surface area (Å²) >= 11 is 6.92. The lowest BCUT2D eigenvalue weighted by Gasteiger charge is -2.67. The van der Waals surface area contributed by atoms with Crippen molar-refractivity contribution in [3.63, 3.8) is 0 Å². The second kappa shape index (κ2) is 5.31. The molecular weight excluding hydrogens is 348 g/mol. The van der Waals surface area contributed by atoms with E-state index in [2.05, 4.69) is 16.1 Å². The SMILES string of the molecule is COc1ccccc1N1N([C@H]2C3CC4CC2C[C@](Cl)(C4)C3)C(=O)C1(C)C. The molecule has 1 aromatic carbocycles. The Morgan fingerprint density at radius 2 is 1.77 bits per heavy atom. The average Bonchev–Trinajstić information content (AvgIpc) is 2.58. The molecule has 26 heavy (non-hydrogen) atoms. The number of benzene rings is 1. The number of para-hydroxylation sites is 2. The van der Waals surface area contributed by atoms with Crippen LogP contribution in [0.4, 0.5) is 5.69 Å². The zero-order chi connectivity index (χ0) is 18.3. The maximum Gasteiger partial charge on any atom is 0.268 e. The van der Waals surface area contributed by atoms with Crippen molar-refractivity contribution >= 4 is 23.2 Å². The molecule has 1 aliphatic heterocycles. The second-order valence-corrected chi connectivity index (χ2v) is 10.1. The fraction of sp³-hybridized carbons (Fsp3) is 0.667. The third-order valence-electron chi connectivity index (χ3n) is 7.22. The average molecular weight is 375 g/mol. The van der Waals surface area contributed by atoms with Gasteiger partial charge in [0.25, 0.3) is 5.91 Å². The Balaban J connectivity index is 1.53. The van der Waals surface area contributed by atoms with Gasteiger partial charge in [-0.05, 0) is 75.8 Å². The molecular formula is C21H27ClN2O2. The van der Waals surface area contributed by atoms with Crippen molar-refractivity contribution in [3.05, 3.63) is 24.3 Å². The molecule has 1 amide bonds. The summed E-state index contributed by atoms with van der Waals surface area (Å²) in [6.07, 6.45) is 5.72. The first-order chi connectivity index (χ1) is 12.3. The molecule has 4 saturated carbocycles. The predicted molar refractivity (Wildman–Crippen MR) is 102 cm³/mol. The third kappa shape index (κ3) is 2.11. The highest BCUT2D eigenvalue weighted by Crippen LogP contribution is 2.61. The number of nitrogens with zero attached hydrogens (tertiary/aromatic N) is 2. The van der Waals surface area contributed by atoms with Crippen LogP contribution in [-0.4, -0.2) is 34.5 Å². The van der Waals surface area contributed by atoms with E-state index in [0.29, 0.717) is 11.8 Å². The largest absolute Gasteiger partial charge is 0.495 e. The van der Waals surface area contributed by atoms with Gasteiger partial charge in [0.1, 0.15) is 17.0 Å². The number of halogens is 1. The summed E-state index contributed by atoms with van der Waals surface area (Å²) < 4.78 is 5.60. The quantitative estimate of drug-likeness (QED) is 0.742. The van der Waals surface area contributed by atoms with Gasteiger partial charge < -0.3 is 4.74 Å². The molecule has 0 spiro atoms. The molecule has 4 bridgehead atoms. The van der Waals surface area contributed by atoms with Gasteiger partial charge in [-0.1, -0.05) is 12.1 Å². The molecule has 4 nitrogen and oxygen atoms in total. The molecule has 0 aromatic heterocycles. The molecule has 0 N–H and O–H groups in total. The minimum absolute atomic E-state index is 0.00823. The Kier molecular flexibility index (Phi) is 3.42. The summed E-state index contributed by atoms with van der Waals surface area (Å²) in [5, 5.41) is 4.24. The van der Waals surface area contributed by atoms with Gasteiger partial charge in [-0.2, -0.15) is 0 Å². The highest BCUT2D eigenvalue weighted by molar-refractivity contribution is 6.24. The van der Waals surface area contributed by atoms with Crippen LogP contribution in [0.25, 0.3) is 0 Å². The van der Waals surface area contributed by atoms with E-state index in [4.69, 9.17) is 16.3 Å². The van der Waals surface area contributed by atoms with Gasteiger partial charge >= 0.3 is 0 Å². The maximum absolute atomic E-state index is 13.2. The van der Waals surface area contributed by atoms with Crippen molar-refractivity contribution in [1.82, 2.24) is 5.01 Å². The minimum atomic E-state index is -0.540. The van der Waals surface area contributed by atoms with Gasteiger partial charge in [-0.3, -0.25) is 9.80 Å². The molecule has 5 heteroatoms. The Morgan fingerprint density at radius 3 is 2.38 bits per heavy atom. The van der Waals surface area contributed by atoms with E-state index < -0.39 is 5.54 Å². The van der Waals surface area contributed by atoms with Crippen LogP contribution in [0, 0.1) is 17.8 Å². The number of alkyl halides is 1. The maximum atomic E-state index is 13.2. The standard InChI is InChI=1S/C21H27ClN2O2/c1-20(2)19(25)23(24(20)16-6-4-5-7-17(16)26-3)18-14-8-13-9-15(18)12-21(22,10-13)11-14/h4-7,13-15,18H,8-12H2,1-3H3/t13?,14?,15?,18-,21-. The van der Waals surface area contributed by atoms with Crippen molar-refractivity contribution in [1.29, 1.82) is 0 Å². The van der Waals surface area contributed by atoms with Crippen LogP contribution in [0.5, 0.6) is 5.75 Å². The smallest absolute Gasteiger partial charge is 0.268 e. The molecule has 6 rings (SSSR count). The van der Waals surface area contributed by atoms with Crippen LogP contribution < -0.4 is 9.75 Å². The van der Waals surface area contributed by atoms with E-state index in [1.807, 2.05) is 32.0 Å². The molecule has 1 aromatic rings. The molecule has 1 saturated heterocycles. The lowest BCUT2D eigenvalue weighted by Crippen LogP contribution is -2.80. The van der Waals surface area contributed by atoms with Crippen molar-refractivity contribution in [2.75, 3.05) is 12.1 Å². The van der Waals surface area contributed by atoms with Crippen molar-refractivity contribution in [3.8, 4) is 5.75 Å². The fourth-order valence-corrected chi connectivity index (χ4v) is 7.09. The first-order valence-electron chi connectivity index (χ1n) is 9.80. The fourth-order valence-electron chi connectivity index (χ4n) is 6.47. The number of methoxy groups -OCH3 is 1. The summed E-state index contributed by atoms with van der Waals surface area (Å²) in [4.78, 5) is 13.2. The summed E-state index contributed by atoms with van der Waals surface area (Å²) in [7, 11) is 1.69. The molecule has 140 valence electrons. The Morgan fingerprint density at radius 1 is 1.12 bits per heavy atom. The molecule has 4 aliphatic carbocycles. The van der Waals surface area contributed by atoms with Crippen LogP contribution >= 0.6 is 11.6 Å². The highest BCUT2D eigenvalue weighted by Gasteiger charge is 2.63. The van der Waals surface area contributed by atoms with Crippen LogP contribution in [0.3, 0.4) is 0 Å². The molecule has 5 aliphatic rings. The number of carbonyl (C=O) groups excluding carboxylic acids is 1. The van der Waals surface area contributed by atoms with E-state index in [1.165, 1.54) is 19.3 Å². The third-order valence-corrected chi connectivity index (χ3v) is 7.68. The molecule has 2 unspecified atom stereocenters. The molecule has 1 heterocycles. The zero-order valence-electron chi connectivity index (χ0n) is 15.7. The zero-order valence-corrected chi connectivity index (χ0v) is 16.5. The van der Waals surface area contributed by atoms with Gasteiger partial charge in [0.05, 0.1) is 13.2 Å². The minimum Gasteiger partial charge on any atom is -0.495 e. The Labute approximate surface area is 160 Å². The van der Waals surface area contributed by atoms with Gasteiger partial charge in [0, 0.05) is 4.87 Å². The molecule has 2 atom stereocenters. The second-order valence-electron chi connectivity index (χ2n) is 9.30. The van der Waals surface area contributed by atoms with Crippen LogP contribution in [0.1, 0.15) is 46.0 Å². The van der Waals surface area contributed by atoms with Gasteiger partial charge in [0.15, 0.2) is 0 Å². The van der Waals surface area contributed by atoms with Gasteiger partial charge in [-0.15, -0.1) is 11.6 Å². The van der Waals surface area contributed by atoms with Gasteiger partial charge in [0.2, 0.25) is 0 Å². The normalized spacial score (nSPS) is 39.9. The van der Waals surface area contributed by atoms with E-state index in [0.717, 1.165) is 30.2 Å². The lowest BCUT2D eigenvalue weighted by atomic mass is 9.53. The summed E-state index contributed by atoms with van der Waals surface area (Å²) in [6.45, 7) is 4.02. The molecule has 0 radical (unpaired) electrons. The van der Waals surface area contributed by atoms with Crippen LogP contribution in [0.2, 0.25) is 0 Å². The number of carbonyl (C=O) groups is 1. The number of hydrogen-bond donors (Lipinski definition) is 0. The first-order valence-corrected chi connectivity index (χ1v) is 10.2. The summed E-state index contributed by atoms with van der Waals surface area (Å²) in [5.41, 5.74) is 0.441. The van der Waals surface area contributed by atoms with Crippen LogP contribution in [0.15, 0.2) is 24.3 Å². The summed E-state index contributed by atoms with van der Waals surface area (Å²) in [5.74, 6) is 2.84. The highest BCUT2D eigenvalue weighted by atomic mass is 35.5. The van der Waals surface area contributed by atoms with Crippen LogP contribution in [-0.2, 0) is 4.79 Å². The lowest BCUT2D eigenvalue weighted by molar-refractivity contribution is -0.169. The Hall–Kier alpha value is -1.42. The van der Waals surface area contributed by atoms with Gasteiger partial charge in [-0.25, -0.2) is 5.01 Å². The number of ether oxygens (including phenoxy) is 1. The van der Waals surface area contributed by atoms with Crippen molar-refractivity contribution in [2.45, 2.75) is 62.4 Å². The van der Waals surface area contributed by atoms with E-state index in [1.54, 1.807) is 7.11 Å². The van der Waals surface area contributed by atoms with E-state index >= 15 is 0 Å². The number of rotatable bonds is 3. The topological polar surface area (TPSA) is 32.8 Å². The van der Waals surface area contributed by atoms with E-state index in [9.17, 15) is 4.79 Å². The predicted octanol–water partition coefficient (Wildman–Crippen LogP) is 4.22.